The summed E-state index contributed by atoms with van der Waals surface area (Å²) in [7, 11) is 0. The highest BCUT2D eigenvalue weighted by atomic mass is 16.3. The number of carbonyl (C=O) groups excluding carboxylic acids is 1. The number of rotatable bonds is 5. The number of aliphatic hydroxyl groups is 1. The maximum atomic E-state index is 11.9. The third kappa shape index (κ3) is 5.33. The lowest BCUT2D eigenvalue weighted by molar-refractivity contribution is 0.140. The van der Waals surface area contributed by atoms with Gasteiger partial charge in [0.05, 0.1) is 12.1 Å². The molecule has 9 N–H and O–H groups in total. The van der Waals surface area contributed by atoms with E-state index in [1.165, 1.54) is 19.3 Å². The normalized spacial score (nSPS) is 17.0. The molecule has 2 rings (SSSR count). The first kappa shape index (κ1) is 20.7. The minimum atomic E-state index is -0.822. The Morgan fingerprint density at radius 3 is 2.60 bits per heavy atom. The van der Waals surface area contributed by atoms with Crippen molar-refractivity contribution in [2.45, 2.75) is 51.7 Å². The van der Waals surface area contributed by atoms with Crippen molar-refractivity contribution in [3.63, 3.8) is 0 Å². The van der Waals surface area contributed by atoms with E-state index in [0.29, 0.717) is 6.42 Å². The zero-order valence-electron chi connectivity index (χ0n) is 14.8. The van der Waals surface area contributed by atoms with Crippen LogP contribution in [0, 0.1) is 0 Å². The number of aromatic nitrogens is 2. The van der Waals surface area contributed by atoms with Gasteiger partial charge >= 0.3 is 6.03 Å². The van der Waals surface area contributed by atoms with E-state index in [1.54, 1.807) is 6.92 Å². The fourth-order valence-corrected chi connectivity index (χ4v) is 2.54. The number of amides is 2. The fourth-order valence-electron chi connectivity index (χ4n) is 2.54. The second-order valence-corrected chi connectivity index (χ2v) is 5.78. The zero-order chi connectivity index (χ0) is 19.0. The molecule has 2 atom stereocenters. The van der Waals surface area contributed by atoms with Crippen LogP contribution in [0.2, 0.25) is 0 Å². The molecule has 0 spiro atoms. The molecule has 0 bridgehead atoms. The third-order valence-corrected chi connectivity index (χ3v) is 3.87. The summed E-state index contributed by atoms with van der Waals surface area (Å²) in [5, 5.41) is 12.8. The number of nitrogens with one attached hydrogen (secondary N) is 2. The highest BCUT2D eigenvalue weighted by molar-refractivity contribution is 5.95. The molecule has 0 saturated carbocycles. The molecular formula is C15H29N7O3. The summed E-state index contributed by atoms with van der Waals surface area (Å²) in [6.07, 6.45) is 3.38. The molecule has 10 heteroatoms. The number of nitrogens with zero attached hydrogens (tertiary/aromatic N) is 2. The molecule has 2 heterocycles. The number of aromatic amines is 1. The van der Waals surface area contributed by atoms with Gasteiger partial charge in [-0.1, -0.05) is 26.7 Å². The van der Waals surface area contributed by atoms with Crippen LogP contribution in [0.25, 0.3) is 0 Å². The number of fused-ring (bicyclic) bond motifs is 1. The van der Waals surface area contributed by atoms with Gasteiger partial charge in [-0.25, -0.2) is 4.79 Å². The van der Waals surface area contributed by atoms with Crippen molar-refractivity contribution >= 4 is 23.5 Å². The van der Waals surface area contributed by atoms with Crippen molar-refractivity contribution < 1.29 is 9.90 Å². The van der Waals surface area contributed by atoms with Gasteiger partial charge in [0, 0.05) is 6.54 Å². The highest BCUT2D eigenvalue weighted by Crippen LogP contribution is 2.27. The van der Waals surface area contributed by atoms with E-state index < -0.39 is 23.7 Å². The number of primary amides is 1. The van der Waals surface area contributed by atoms with E-state index >= 15 is 0 Å². The van der Waals surface area contributed by atoms with Gasteiger partial charge < -0.3 is 27.6 Å². The zero-order valence-corrected chi connectivity index (χ0v) is 14.8. The van der Waals surface area contributed by atoms with Gasteiger partial charge in [0.1, 0.15) is 0 Å². The van der Waals surface area contributed by atoms with E-state index in [1.807, 2.05) is 0 Å². The highest BCUT2D eigenvalue weighted by Gasteiger charge is 2.36. The topological polar surface area (TPSA) is 176 Å². The smallest absolute Gasteiger partial charge is 0.319 e. The Balaban J connectivity index is 0.000000450. The third-order valence-electron chi connectivity index (χ3n) is 3.87. The minimum Gasteiger partial charge on any atom is -0.391 e. The van der Waals surface area contributed by atoms with Crippen LogP contribution < -0.4 is 33.0 Å². The summed E-state index contributed by atoms with van der Waals surface area (Å²) >= 11 is 0. The fraction of sp³-hybridized carbons (Fsp3) is 0.667. The van der Waals surface area contributed by atoms with Crippen LogP contribution in [-0.2, 0) is 0 Å². The molecule has 1 aliphatic rings. The Morgan fingerprint density at radius 2 is 2.12 bits per heavy atom. The number of unbranched alkanes of at least 4 members (excludes halogenated alkanes) is 2. The van der Waals surface area contributed by atoms with Crippen LogP contribution in [0.15, 0.2) is 4.79 Å². The number of urea groups is 1. The van der Waals surface area contributed by atoms with E-state index in [-0.39, 0.29) is 24.0 Å². The number of hydrogen-bond acceptors (Lipinski definition) is 7. The summed E-state index contributed by atoms with van der Waals surface area (Å²) in [6.45, 7) is 5.04. The number of H-pyrrole nitrogens is 1. The monoisotopic (exact) mass is 355 g/mol. The van der Waals surface area contributed by atoms with Gasteiger partial charge in [0.15, 0.2) is 11.5 Å². The summed E-state index contributed by atoms with van der Waals surface area (Å²) < 4.78 is 0. The van der Waals surface area contributed by atoms with Crippen molar-refractivity contribution in [1.29, 1.82) is 0 Å². The summed E-state index contributed by atoms with van der Waals surface area (Å²) in [5.74, 6) is 0.120. The van der Waals surface area contributed by atoms with E-state index in [0.717, 1.165) is 11.4 Å². The standard InChI is InChI=1S/C10H16N6O3.C5H13N/c1-2-5(17)4-3-13-7-6(16(4)10(12)19)8(18)15-9(11)14-7;1-2-3-4-5-6/h4-5,17H,2-3H2,1H3,(H2,12,19)(H4,11,13,14,15,18);2-6H2,1H3. The van der Waals surface area contributed by atoms with Gasteiger partial charge in [-0.2, -0.15) is 4.98 Å². The predicted octanol–water partition coefficient (Wildman–Crippen LogP) is -0.0625. The molecule has 0 aliphatic carbocycles. The SMILES string of the molecule is CCC(O)C1CNc2nc(N)[nH]c(=O)c2N1C(N)=O.CCCCCN. The molecule has 142 valence electrons. The number of nitrogen functional groups attached to an aromatic ring is 1. The van der Waals surface area contributed by atoms with Crippen LogP contribution >= 0.6 is 0 Å². The maximum Gasteiger partial charge on any atom is 0.319 e. The number of aliphatic hydroxyl groups excluding tert-OH is 1. The molecule has 2 unspecified atom stereocenters. The van der Waals surface area contributed by atoms with Gasteiger partial charge in [0.2, 0.25) is 5.95 Å². The van der Waals surface area contributed by atoms with E-state index in [2.05, 4.69) is 22.2 Å². The van der Waals surface area contributed by atoms with Gasteiger partial charge in [-0.05, 0) is 19.4 Å². The molecule has 1 aliphatic heterocycles. The number of nitrogens with two attached hydrogens (primary N) is 3. The molecule has 0 saturated heterocycles. The second-order valence-electron chi connectivity index (χ2n) is 5.78. The molecule has 25 heavy (non-hydrogen) atoms. The Kier molecular flexibility index (Phi) is 8.16. The second kappa shape index (κ2) is 9.84. The van der Waals surface area contributed by atoms with Crippen LogP contribution in [0.4, 0.5) is 22.2 Å². The van der Waals surface area contributed by atoms with E-state index in [9.17, 15) is 14.7 Å². The largest absolute Gasteiger partial charge is 0.391 e. The molecule has 10 nitrogen and oxygen atoms in total. The predicted molar refractivity (Wildman–Crippen MR) is 98.5 cm³/mol. The quantitative estimate of drug-likeness (QED) is 0.400. The average Bonchev–Trinajstić information content (AvgIpc) is 2.58. The van der Waals surface area contributed by atoms with Crippen molar-refractivity contribution in [2.24, 2.45) is 11.5 Å². The Hall–Kier alpha value is -2.33. The van der Waals surface area contributed by atoms with Crippen molar-refractivity contribution in [2.75, 3.05) is 29.0 Å². The maximum absolute atomic E-state index is 11.9. The molecule has 0 radical (unpaired) electrons. The first-order valence-corrected chi connectivity index (χ1v) is 8.47. The Bertz CT molecular complexity index is 616. The van der Waals surface area contributed by atoms with Gasteiger partial charge in [-0.15, -0.1) is 0 Å². The molecule has 1 aromatic heterocycles. The molecule has 0 aromatic carbocycles. The minimum absolute atomic E-state index is 0.0227. The molecule has 0 fully saturated rings. The van der Waals surface area contributed by atoms with Crippen molar-refractivity contribution in [3.05, 3.63) is 10.4 Å². The number of hydrogen-bond donors (Lipinski definition) is 6. The van der Waals surface area contributed by atoms with Crippen molar-refractivity contribution in [1.82, 2.24) is 9.97 Å². The number of carbonyl (C=O) groups is 1. The summed E-state index contributed by atoms with van der Waals surface area (Å²) in [4.78, 5) is 30.8. The lowest BCUT2D eigenvalue weighted by atomic mass is 10.0. The average molecular weight is 355 g/mol. The summed E-state index contributed by atoms with van der Waals surface area (Å²) in [6, 6.07) is -1.45. The van der Waals surface area contributed by atoms with Gasteiger partial charge in [0.25, 0.3) is 5.56 Å². The Labute approximate surface area is 146 Å². The summed E-state index contributed by atoms with van der Waals surface area (Å²) in [5.41, 5.74) is 15.4. The van der Waals surface area contributed by atoms with Crippen molar-refractivity contribution in [3.8, 4) is 0 Å². The van der Waals surface area contributed by atoms with E-state index in [4.69, 9.17) is 17.2 Å². The molecule has 1 aromatic rings. The lowest BCUT2D eigenvalue weighted by Crippen LogP contribution is -2.57. The van der Waals surface area contributed by atoms with Gasteiger partial charge in [-0.3, -0.25) is 14.7 Å². The molecular weight excluding hydrogens is 326 g/mol. The Morgan fingerprint density at radius 1 is 1.44 bits per heavy atom. The van der Waals surface area contributed by atoms with Crippen LogP contribution in [0.5, 0.6) is 0 Å². The van der Waals surface area contributed by atoms with Crippen LogP contribution in [0.1, 0.15) is 39.5 Å². The molecule has 2 amide bonds. The van der Waals surface area contributed by atoms with Crippen LogP contribution in [-0.4, -0.2) is 46.3 Å². The van der Waals surface area contributed by atoms with Crippen LogP contribution in [0.3, 0.4) is 0 Å². The first-order valence-electron chi connectivity index (χ1n) is 8.47. The first-order chi connectivity index (χ1) is 11.9. The number of anilines is 3. The lowest BCUT2D eigenvalue weighted by Gasteiger charge is -2.37.